The van der Waals surface area contributed by atoms with Gasteiger partial charge in [-0.25, -0.2) is 4.68 Å². The van der Waals surface area contributed by atoms with Crippen molar-refractivity contribution in [2.75, 3.05) is 13.1 Å². The van der Waals surface area contributed by atoms with Crippen molar-refractivity contribution < 1.29 is 19.5 Å². The first kappa shape index (κ1) is 19.8. The van der Waals surface area contributed by atoms with Crippen LogP contribution >= 0.6 is 0 Å². The van der Waals surface area contributed by atoms with Crippen LogP contribution in [-0.2, 0) is 22.6 Å². The average Bonchev–Trinajstić information content (AvgIpc) is 3.32. The maximum Gasteiger partial charge on any atom is 0.255 e. The van der Waals surface area contributed by atoms with Gasteiger partial charge >= 0.3 is 0 Å². The number of benzene rings is 1. The van der Waals surface area contributed by atoms with Gasteiger partial charge in [0.25, 0.3) is 5.91 Å². The van der Waals surface area contributed by atoms with Gasteiger partial charge in [0.2, 0.25) is 11.8 Å². The highest BCUT2D eigenvalue weighted by Gasteiger charge is 2.39. The molecule has 0 radical (unpaired) electrons. The first-order valence-electron chi connectivity index (χ1n) is 10.5. The second-order valence-corrected chi connectivity index (χ2v) is 8.55. The van der Waals surface area contributed by atoms with Gasteiger partial charge in [-0.2, -0.15) is 0 Å². The number of fused-ring (bicyclic) bond motifs is 1. The second-order valence-electron chi connectivity index (χ2n) is 8.55. The molecule has 31 heavy (non-hydrogen) atoms. The van der Waals surface area contributed by atoms with Crippen molar-refractivity contribution in [1.29, 1.82) is 0 Å². The van der Waals surface area contributed by atoms with Crippen molar-refractivity contribution in [2.24, 2.45) is 0 Å². The van der Waals surface area contributed by atoms with E-state index in [1.807, 2.05) is 6.07 Å². The Bertz CT molecular complexity index is 1060. The number of hydrogen-bond acceptors (Lipinski definition) is 7. The van der Waals surface area contributed by atoms with Gasteiger partial charge in [-0.15, -0.1) is 5.10 Å². The molecule has 0 spiro atoms. The molecule has 2 fully saturated rings. The second kappa shape index (κ2) is 7.54. The van der Waals surface area contributed by atoms with E-state index in [0.717, 1.165) is 24.3 Å². The Morgan fingerprint density at radius 2 is 2.00 bits per heavy atom. The molecule has 2 aromatic rings. The third-order valence-corrected chi connectivity index (χ3v) is 6.36. The molecule has 3 aliphatic heterocycles. The number of nitrogens with zero attached hydrogens (tertiary/aromatic N) is 4. The van der Waals surface area contributed by atoms with E-state index in [-0.39, 0.29) is 18.2 Å². The smallest absolute Gasteiger partial charge is 0.255 e. The summed E-state index contributed by atoms with van der Waals surface area (Å²) in [6, 6.07) is 4.77. The predicted octanol–water partition coefficient (Wildman–Crippen LogP) is -0.315. The van der Waals surface area contributed by atoms with Crippen LogP contribution in [0.2, 0.25) is 0 Å². The fourth-order valence-corrected chi connectivity index (χ4v) is 4.61. The summed E-state index contributed by atoms with van der Waals surface area (Å²) < 4.78 is 1.64. The molecule has 1 atom stereocenters. The van der Waals surface area contributed by atoms with Gasteiger partial charge in [0.15, 0.2) is 0 Å². The number of hydrogen-bond donors (Lipinski definition) is 3. The lowest BCUT2D eigenvalue weighted by Gasteiger charge is -2.31. The molecule has 1 aromatic carbocycles. The molecule has 5 rings (SSSR count). The van der Waals surface area contributed by atoms with Crippen molar-refractivity contribution in [1.82, 2.24) is 30.5 Å². The molecule has 1 aromatic heterocycles. The van der Waals surface area contributed by atoms with E-state index in [9.17, 15) is 19.5 Å². The molecular weight excluding hydrogens is 400 g/mol. The summed E-state index contributed by atoms with van der Waals surface area (Å²) in [6.45, 7) is 1.88. The molecule has 1 unspecified atom stereocenters. The molecule has 4 heterocycles. The Morgan fingerprint density at radius 1 is 1.19 bits per heavy atom. The van der Waals surface area contributed by atoms with Crippen LogP contribution in [0.25, 0.3) is 5.69 Å². The minimum absolute atomic E-state index is 0.205. The van der Waals surface area contributed by atoms with Gasteiger partial charge in [0.05, 0.1) is 23.2 Å². The standard InChI is InChI=1S/C21H24N6O4/c28-18-4-3-17(19(29)23-18)26-11-13-9-15(1-2-16(13)20(26)30)27-12-14(24-25-27)10-21(31)5-7-22-8-6-21/h1-2,9,12,17,22,31H,3-8,10-11H2,(H,23,28,29). The summed E-state index contributed by atoms with van der Waals surface area (Å²) in [5.41, 5.74) is 2.07. The van der Waals surface area contributed by atoms with Crippen molar-refractivity contribution in [2.45, 2.75) is 50.3 Å². The van der Waals surface area contributed by atoms with E-state index >= 15 is 0 Å². The van der Waals surface area contributed by atoms with E-state index in [4.69, 9.17) is 0 Å². The maximum atomic E-state index is 12.8. The summed E-state index contributed by atoms with van der Waals surface area (Å²) in [4.78, 5) is 38.0. The third-order valence-electron chi connectivity index (χ3n) is 6.36. The largest absolute Gasteiger partial charge is 0.389 e. The topological polar surface area (TPSA) is 129 Å². The highest BCUT2D eigenvalue weighted by molar-refractivity contribution is 6.05. The van der Waals surface area contributed by atoms with Gasteiger partial charge in [-0.3, -0.25) is 19.7 Å². The van der Waals surface area contributed by atoms with E-state index < -0.39 is 17.6 Å². The SMILES string of the molecule is O=C1CCC(N2Cc3cc(-n4cc(CC5(O)CCNCC5)nn4)ccc3C2=O)C(=O)N1. The summed E-state index contributed by atoms with van der Waals surface area (Å²) in [6.07, 6.45) is 4.17. The number of imide groups is 1. The molecule has 3 N–H and O–H groups in total. The Kier molecular flexibility index (Phi) is 4.82. The Labute approximate surface area is 178 Å². The molecule has 3 amide bonds. The van der Waals surface area contributed by atoms with E-state index in [0.29, 0.717) is 43.5 Å². The third kappa shape index (κ3) is 3.72. The summed E-state index contributed by atoms with van der Waals surface area (Å²) in [5, 5.41) is 24.7. The van der Waals surface area contributed by atoms with Crippen LogP contribution < -0.4 is 10.6 Å². The first-order valence-corrected chi connectivity index (χ1v) is 10.5. The molecule has 0 aliphatic carbocycles. The highest BCUT2D eigenvalue weighted by Crippen LogP contribution is 2.29. The maximum absolute atomic E-state index is 12.8. The lowest BCUT2D eigenvalue weighted by molar-refractivity contribution is -0.136. The average molecular weight is 424 g/mol. The van der Waals surface area contributed by atoms with E-state index in [1.165, 1.54) is 4.90 Å². The molecule has 2 saturated heterocycles. The minimum Gasteiger partial charge on any atom is -0.389 e. The van der Waals surface area contributed by atoms with Crippen molar-refractivity contribution in [3.63, 3.8) is 0 Å². The zero-order valence-corrected chi connectivity index (χ0v) is 17.0. The van der Waals surface area contributed by atoms with Crippen molar-refractivity contribution >= 4 is 17.7 Å². The van der Waals surface area contributed by atoms with Gasteiger partial charge in [-0.1, -0.05) is 5.21 Å². The quantitative estimate of drug-likeness (QED) is 0.574. The van der Waals surface area contributed by atoms with Gasteiger partial charge < -0.3 is 15.3 Å². The summed E-state index contributed by atoms with van der Waals surface area (Å²) in [5.74, 6) is -0.929. The normalized spacial score (nSPS) is 23.1. The summed E-state index contributed by atoms with van der Waals surface area (Å²) >= 11 is 0. The van der Waals surface area contributed by atoms with Crippen LogP contribution in [0.3, 0.4) is 0 Å². The number of carbonyl (C=O) groups is 3. The van der Waals surface area contributed by atoms with Crippen LogP contribution in [0.1, 0.15) is 47.3 Å². The Morgan fingerprint density at radius 3 is 2.77 bits per heavy atom. The van der Waals surface area contributed by atoms with Crippen molar-refractivity contribution in [3.8, 4) is 5.69 Å². The molecular formula is C21H24N6O4. The van der Waals surface area contributed by atoms with E-state index in [2.05, 4.69) is 20.9 Å². The van der Waals surface area contributed by atoms with Gasteiger partial charge in [0.1, 0.15) is 6.04 Å². The van der Waals surface area contributed by atoms with Crippen LogP contribution in [0, 0.1) is 0 Å². The van der Waals surface area contributed by atoms with Crippen LogP contribution in [0.5, 0.6) is 0 Å². The fraction of sp³-hybridized carbons (Fsp3) is 0.476. The number of nitrogens with one attached hydrogen (secondary N) is 2. The van der Waals surface area contributed by atoms with Gasteiger partial charge in [0, 0.05) is 24.9 Å². The monoisotopic (exact) mass is 424 g/mol. The number of carbonyl (C=O) groups excluding carboxylic acids is 3. The number of piperidine rings is 2. The van der Waals surface area contributed by atoms with Crippen LogP contribution in [0.15, 0.2) is 24.4 Å². The summed E-state index contributed by atoms with van der Waals surface area (Å²) in [7, 11) is 0. The first-order chi connectivity index (χ1) is 14.9. The molecule has 162 valence electrons. The Balaban J connectivity index is 1.33. The number of amides is 3. The number of rotatable bonds is 4. The lowest BCUT2D eigenvalue weighted by Crippen LogP contribution is -2.52. The van der Waals surface area contributed by atoms with Crippen LogP contribution in [-0.4, -0.2) is 67.5 Å². The fourth-order valence-electron chi connectivity index (χ4n) is 4.61. The predicted molar refractivity (Wildman–Crippen MR) is 108 cm³/mol. The highest BCUT2D eigenvalue weighted by atomic mass is 16.3. The van der Waals surface area contributed by atoms with E-state index in [1.54, 1.807) is 23.0 Å². The molecule has 0 saturated carbocycles. The molecule has 10 nitrogen and oxygen atoms in total. The lowest BCUT2D eigenvalue weighted by atomic mass is 9.88. The zero-order chi connectivity index (χ0) is 21.6. The van der Waals surface area contributed by atoms with Crippen molar-refractivity contribution in [3.05, 3.63) is 41.2 Å². The van der Waals surface area contributed by atoms with Gasteiger partial charge in [-0.05, 0) is 56.1 Å². The minimum atomic E-state index is -0.765. The number of aromatic nitrogens is 3. The molecule has 3 aliphatic rings. The van der Waals surface area contributed by atoms with Crippen LogP contribution in [0.4, 0.5) is 0 Å². The number of aliphatic hydroxyl groups is 1. The zero-order valence-electron chi connectivity index (χ0n) is 17.0. The molecule has 0 bridgehead atoms. The Hall–Kier alpha value is -3.11. The molecule has 10 heteroatoms.